The summed E-state index contributed by atoms with van der Waals surface area (Å²) in [6.07, 6.45) is 11.5. The third-order valence-electron chi connectivity index (χ3n) is 5.78. The van der Waals surface area contributed by atoms with Gasteiger partial charge in [0.05, 0.1) is 0 Å². The number of Topliss-reactive ketones (excluding diaryl/α,β-unsaturated/α-hetero) is 1. The van der Waals surface area contributed by atoms with Gasteiger partial charge >= 0.3 is 0 Å². The Hall–Kier alpha value is -1.37. The van der Waals surface area contributed by atoms with E-state index in [0.29, 0.717) is 11.7 Å². The molecule has 1 heteroatoms. The van der Waals surface area contributed by atoms with Gasteiger partial charge in [-0.05, 0) is 48.6 Å². The zero-order valence-electron chi connectivity index (χ0n) is 12.2. The van der Waals surface area contributed by atoms with Gasteiger partial charge in [-0.3, -0.25) is 4.79 Å². The first-order valence-electron chi connectivity index (χ1n) is 8.08. The molecule has 0 radical (unpaired) electrons. The Balaban J connectivity index is 1.92. The highest BCUT2D eigenvalue weighted by atomic mass is 16.1. The van der Waals surface area contributed by atoms with Gasteiger partial charge in [0.2, 0.25) is 0 Å². The molecule has 4 rings (SSSR count). The average molecular weight is 266 g/mol. The van der Waals surface area contributed by atoms with E-state index in [-0.39, 0.29) is 5.41 Å². The van der Waals surface area contributed by atoms with Crippen molar-refractivity contribution in [3.05, 3.63) is 47.0 Å². The summed E-state index contributed by atoms with van der Waals surface area (Å²) in [5.41, 5.74) is 4.21. The van der Waals surface area contributed by atoms with E-state index in [4.69, 9.17) is 0 Å². The molecule has 2 bridgehead atoms. The van der Waals surface area contributed by atoms with E-state index >= 15 is 0 Å². The molecule has 0 amide bonds. The lowest BCUT2D eigenvalue weighted by atomic mass is 9.61. The molecule has 3 unspecified atom stereocenters. The second-order valence-electron chi connectivity index (χ2n) is 6.86. The minimum Gasteiger partial charge on any atom is -0.294 e. The summed E-state index contributed by atoms with van der Waals surface area (Å²) < 4.78 is 0. The topological polar surface area (TPSA) is 17.1 Å². The average Bonchev–Trinajstić information content (AvgIpc) is 3.05. The number of aryl methyl sites for hydroxylation is 1. The molecule has 0 N–H and O–H groups in total. The zero-order chi connectivity index (χ0) is 13.7. The largest absolute Gasteiger partial charge is 0.294 e. The number of carbonyl (C=O) groups excluding carboxylic acids is 1. The van der Waals surface area contributed by atoms with E-state index < -0.39 is 0 Å². The highest BCUT2D eigenvalue weighted by molar-refractivity contribution is 5.99. The summed E-state index contributed by atoms with van der Waals surface area (Å²) in [4.78, 5) is 12.4. The molecule has 20 heavy (non-hydrogen) atoms. The number of fused-ring (bicyclic) bond motifs is 5. The maximum absolute atomic E-state index is 12.4. The molecule has 0 aromatic heterocycles. The van der Waals surface area contributed by atoms with Gasteiger partial charge in [-0.1, -0.05) is 43.7 Å². The van der Waals surface area contributed by atoms with Gasteiger partial charge in [0, 0.05) is 17.4 Å². The number of hydrogen-bond donors (Lipinski definition) is 0. The van der Waals surface area contributed by atoms with E-state index in [9.17, 15) is 4.79 Å². The van der Waals surface area contributed by atoms with Crippen molar-refractivity contribution >= 4 is 5.78 Å². The molecule has 3 aliphatic rings. The normalized spacial score (nSPS) is 34.0. The van der Waals surface area contributed by atoms with Crippen molar-refractivity contribution in [2.75, 3.05) is 0 Å². The standard InChI is InChI=1S/C19H22O/c1-2-4-14-5-3-6-16-17(20)9-10-19(18(14)16)12-13-7-8-15(19)11-13/h3,5-8,13,15H,2,4,9-12H2,1H3. The second-order valence-corrected chi connectivity index (χ2v) is 6.86. The minimum atomic E-state index is 0.286. The van der Waals surface area contributed by atoms with E-state index in [1.165, 1.54) is 24.0 Å². The van der Waals surface area contributed by atoms with E-state index in [1.807, 2.05) is 0 Å². The molecule has 104 valence electrons. The summed E-state index contributed by atoms with van der Waals surface area (Å²) in [6.45, 7) is 2.23. The van der Waals surface area contributed by atoms with Crippen LogP contribution in [0.5, 0.6) is 0 Å². The van der Waals surface area contributed by atoms with E-state index in [0.717, 1.165) is 37.2 Å². The molecule has 1 fully saturated rings. The third-order valence-corrected chi connectivity index (χ3v) is 5.78. The molecule has 1 aromatic rings. The molecular formula is C19H22O. The first kappa shape index (κ1) is 12.4. The Labute approximate surface area is 121 Å². The Kier molecular flexibility index (Phi) is 2.67. The van der Waals surface area contributed by atoms with Gasteiger partial charge in [0.1, 0.15) is 0 Å². The fourth-order valence-electron chi connectivity index (χ4n) is 5.02. The lowest BCUT2D eigenvalue weighted by Gasteiger charge is -2.42. The maximum Gasteiger partial charge on any atom is 0.163 e. The molecule has 1 aromatic carbocycles. The zero-order valence-corrected chi connectivity index (χ0v) is 12.2. The van der Waals surface area contributed by atoms with Crippen molar-refractivity contribution in [1.29, 1.82) is 0 Å². The highest BCUT2D eigenvalue weighted by Gasteiger charge is 2.52. The SMILES string of the molecule is CCCc1cccc2c1C1(CCC2=O)CC2C=CC1C2. The lowest BCUT2D eigenvalue weighted by Crippen LogP contribution is -2.38. The predicted molar refractivity (Wildman–Crippen MR) is 81.0 cm³/mol. The van der Waals surface area contributed by atoms with Crippen molar-refractivity contribution in [2.24, 2.45) is 11.8 Å². The van der Waals surface area contributed by atoms with Gasteiger partial charge in [-0.25, -0.2) is 0 Å². The predicted octanol–water partition coefficient (Wildman–Crippen LogP) is 4.45. The van der Waals surface area contributed by atoms with Crippen LogP contribution in [0.4, 0.5) is 0 Å². The fourth-order valence-corrected chi connectivity index (χ4v) is 5.02. The quantitative estimate of drug-likeness (QED) is 0.723. The van der Waals surface area contributed by atoms with Crippen LogP contribution < -0.4 is 0 Å². The number of allylic oxidation sites excluding steroid dienone is 2. The maximum atomic E-state index is 12.4. The van der Waals surface area contributed by atoms with Crippen LogP contribution in [0.25, 0.3) is 0 Å². The van der Waals surface area contributed by atoms with Crippen LogP contribution in [0.3, 0.4) is 0 Å². The Morgan fingerprint density at radius 3 is 2.90 bits per heavy atom. The van der Waals surface area contributed by atoms with Crippen molar-refractivity contribution in [2.45, 2.75) is 50.9 Å². The Morgan fingerprint density at radius 1 is 1.30 bits per heavy atom. The van der Waals surface area contributed by atoms with Crippen LogP contribution in [0.1, 0.15) is 60.5 Å². The van der Waals surface area contributed by atoms with Crippen LogP contribution in [0.2, 0.25) is 0 Å². The molecule has 0 heterocycles. The van der Waals surface area contributed by atoms with E-state index in [2.05, 4.69) is 37.3 Å². The molecular weight excluding hydrogens is 244 g/mol. The molecule has 3 atom stereocenters. The van der Waals surface area contributed by atoms with Crippen molar-refractivity contribution in [1.82, 2.24) is 0 Å². The van der Waals surface area contributed by atoms with Crippen molar-refractivity contribution in [3.63, 3.8) is 0 Å². The Bertz CT molecular complexity index is 598. The number of benzene rings is 1. The lowest BCUT2D eigenvalue weighted by molar-refractivity contribution is 0.0943. The second kappa shape index (κ2) is 4.31. The smallest absolute Gasteiger partial charge is 0.163 e. The van der Waals surface area contributed by atoms with Gasteiger partial charge < -0.3 is 0 Å². The van der Waals surface area contributed by atoms with E-state index in [1.54, 1.807) is 0 Å². The molecule has 0 saturated heterocycles. The number of carbonyl (C=O) groups is 1. The molecule has 3 aliphatic carbocycles. The van der Waals surface area contributed by atoms with Gasteiger partial charge in [-0.15, -0.1) is 0 Å². The number of hydrogen-bond acceptors (Lipinski definition) is 1. The highest BCUT2D eigenvalue weighted by Crippen LogP contribution is 2.58. The van der Waals surface area contributed by atoms with Crippen LogP contribution in [0.15, 0.2) is 30.4 Å². The minimum absolute atomic E-state index is 0.286. The van der Waals surface area contributed by atoms with Gasteiger partial charge in [0.25, 0.3) is 0 Å². The van der Waals surface area contributed by atoms with Crippen molar-refractivity contribution < 1.29 is 4.79 Å². The third kappa shape index (κ3) is 1.52. The monoisotopic (exact) mass is 266 g/mol. The van der Waals surface area contributed by atoms with Crippen LogP contribution in [-0.2, 0) is 11.8 Å². The first-order chi connectivity index (χ1) is 9.74. The number of ketones is 1. The van der Waals surface area contributed by atoms with Crippen LogP contribution in [-0.4, -0.2) is 5.78 Å². The molecule has 1 nitrogen and oxygen atoms in total. The molecule has 0 aliphatic heterocycles. The summed E-state index contributed by atoms with van der Waals surface area (Å²) >= 11 is 0. The van der Waals surface area contributed by atoms with Gasteiger partial charge in [0.15, 0.2) is 5.78 Å². The summed E-state index contributed by atoms with van der Waals surface area (Å²) in [5, 5.41) is 0. The first-order valence-corrected chi connectivity index (χ1v) is 8.08. The summed E-state index contributed by atoms with van der Waals surface area (Å²) in [6, 6.07) is 6.43. The summed E-state index contributed by atoms with van der Waals surface area (Å²) in [5.74, 6) is 1.81. The summed E-state index contributed by atoms with van der Waals surface area (Å²) in [7, 11) is 0. The van der Waals surface area contributed by atoms with Gasteiger partial charge in [-0.2, -0.15) is 0 Å². The van der Waals surface area contributed by atoms with Crippen LogP contribution in [0, 0.1) is 11.8 Å². The van der Waals surface area contributed by atoms with Crippen molar-refractivity contribution in [3.8, 4) is 0 Å². The Morgan fingerprint density at radius 2 is 2.20 bits per heavy atom. The fraction of sp³-hybridized carbons (Fsp3) is 0.526. The number of rotatable bonds is 2. The molecule has 1 spiro atoms. The van der Waals surface area contributed by atoms with Crippen LogP contribution >= 0.6 is 0 Å². The molecule has 1 saturated carbocycles.